The Bertz CT molecular complexity index is 829. The third-order valence-corrected chi connectivity index (χ3v) is 4.90. The van der Waals surface area contributed by atoms with E-state index in [1.54, 1.807) is 18.4 Å². The van der Waals surface area contributed by atoms with Gasteiger partial charge in [0.25, 0.3) is 5.56 Å². The van der Waals surface area contributed by atoms with E-state index in [0.717, 1.165) is 24.0 Å². The van der Waals surface area contributed by atoms with E-state index in [0.29, 0.717) is 16.8 Å². The summed E-state index contributed by atoms with van der Waals surface area (Å²) < 4.78 is 8.48. The Morgan fingerprint density at radius 2 is 2.26 bits per heavy atom. The predicted molar refractivity (Wildman–Crippen MR) is 88.0 cm³/mol. The molecule has 1 amide bonds. The first-order chi connectivity index (χ1) is 11.1. The molecule has 0 spiro atoms. The van der Waals surface area contributed by atoms with Crippen molar-refractivity contribution in [1.29, 1.82) is 0 Å². The van der Waals surface area contributed by atoms with Crippen molar-refractivity contribution in [3.05, 3.63) is 32.3 Å². The summed E-state index contributed by atoms with van der Waals surface area (Å²) in [5, 5.41) is 4.56. The van der Waals surface area contributed by atoms with Gasteiger partial charge in [-0.15, -0.1) is 11.3 Å². The summed E-state index contributed by atoms with van der Waals surface area (Å²) in [5.74, 6) is -0.253. The van der Waals surface area contributed by atoms with Gasteiger partial charge >= 0.3 is 5.69 Å². The van der Waals surface area contributed by atoms with E-state index in [1.165, 1.54) is 15.9 Å². The van der Waals surface area contributed by atoms with Crippen molar-refractivity contribution in [1.82, 2.24) is 14.5 Å². The van der Waals surface area contributed by atoms with Crippen molar-refractivity contribution in [3.63, 3.8) is 0 Å². The number of amides is 1. The second kappa shape index (κ2) is 6.67. The summed E-state index contributed by atoms with van der Waals surface area (Å²) in [6.07, 6.45) is 2.01. The van der Waals surface area contributed by atoms with Gasteiger partial charge in [0.1, 0.15) is 11.2 Å². The van der Waals surface area contributed by atoms with Crippen molar-refractivity contribution in [2.24, 2.45) is 0 Å². The number of nitrogens with zero attached hydrogens (tertiary/aromatic N) is 2. The third-order valence-electron chi connectivity index (χ3n) is 4.01. The zero-order valence-electron chi connectivity index (χ0n) is 12.9. The van der Waals surface area contributed by atoms with Crippen LogP contribution >= 0.6 is 11.3 Å². The molecule has 3 rings (SSSR count). The Kier molecular flexibility index (Phi) is 4.63. The van der Waals surface area contributed by atoms with E-state index >= 15 is 0 Å². The molecule has 1 aliphatic rings. The van der Waals surface area contributed by atoms with Crippen LogP contribution in [0.3, 0.4) is 0 Å². The van der Waals surface area contributed by atoms with Gasteiger partial charge in [0, 0.05) is 19.7 Å². The normalized spacial score (nSPS) is 17.7. The molecule has 1 N–H and O–H groups in total. The summed E-state index contributed by atoms with van der Waals surface area (Å²) in [6, 6.07) is 1.70. The minimum Gasteiger partial charge on any atom is -0.376 e. The lowest BCUT2D eigenvalue weighted by Gasteiger charge is -2.13. The van der Waals surface area contributed by atoms with Crippen LogP contribution < -0.4 is 16.6 Å². The molecule has 7 nitrogen and oxygen atoms in total. The molecule has 0 radical (unpaired) electrons. The van der Waals surface area contributed by atoms with Crippen LogP contribution in [0.1, 0.15) is 19.8 Å². The highest BCUT2D eigenvalue weighted by Gasteiger charge is 2.18. The standard InChI is InChI=1S/C15H19N3O4S/c1-2-17-14(20)13-11(5-7-23-13)18(15(17)21)9-12(19)16-8-10-4-3-6-22-10/h5,7,10H,2-4,6,8-9H2,1H3,(H,16,19)/t10-/m0/s1. The second-order valence-corrected chi connectivity index (χ2v) is 6.41. The van der Waals surface area contributed by atoms with Gasteiger partial charge < -0.3 is 10.1 Å². The predicted octanol–water partition coefficient (Wildman–Crippen LogP) is 0.540. The largest absolute Gasteiger partial charge is 0.376 e. The average molecular weight is 337 g/mol. The monoisotopic (exact) mass is 337 g/mol. The lowest BCUT2D eigenvalue weighted by molar-refractivity contribution is -0.122. The molecule has 0 aliphatic carbocycles. The van der Waals surface area contributed by atoms with E-state index in [2.05, 4.69) is 5.32 Å². The zero-order valence-corrected chi connectivity index (χ0v) is 13.7. The van der Waals surface area contributed by atoms with Crippen LogP contribution in [0.5, 0.6) is 0 Å². The molecule has 1 atom stereocenters. The molecule has 2 aromatic heterocycles. The van der Waals surface area contributed by atoms with E-state index in [1.807, 2.05) is 0 Å². The topological polar surface area (TPSA) is 82.3 Å². The Morgan fingerprint density at radius 1 is 1.43 bits per heavy atom. The Hall–Kier alpha value is -1.93. The van der Waals surface area contributed by atoms with Gasteiger partial charge in [0.05, 0.1) is 11.6 Å². The van der Waals surface area contributed by atoms with Crippen molar-refractivity contribution in [3.8, 4) is 0 Å². The van der Waals surface area contributed by atoms with Gasteiger partial charge in [0.2, 0.25) is 5.91 Å². The molecule has 3 heterocycles. The number of nitrogens with one attached hydrogen (secondary N) is 1. The summed E-state index contributed by atoms with van der Waals surface area (Å²) in [6.45, 7) is 3.11. The Morgan fingerprint density at radius 3 is 2.96 bits per heavy atom. The summed E-state index contributed by atoms with van der Waals surface area (Å²) in [7, 11) is 0. The van der Waals surface area contributed by atoms with Crippen LogP contribution in [-0.2, 0) is 22.6 Å². The lowest BCUT2D eigenvalue weighted by Crippen LogP contribution is -2.42. The Balaban J connectivity index is 1.84. The Labute approximate surface area is 136 Å². The van der Waals surface area contributed by atoms with Crippen LogP contribution in [0.15, 0.2) is 21.0 Å². The summed E-state index contributed by atoms with van der Waals surface area (Å²) in [4.78, 5) is 36.8. The first-order valence-corrected chi connectivity index (χ1v) is 8.59. The maximum absolute atomic E-state index is 12.5. The van der Waals surface area contributed by atoms with E-state index in [-0.39, 0.29) is 30.7 Å². The fraction of sp³-hybridized carbons (Fsp3) is 0.533. The molecule has 0 unspecified atom stereocenters. The molecule has 23 heavy (non-hydrogen) atoms. The van der Waals surface area contributed by atoms with Gasteiger partial charge in [-0.1, -0.05) is 0 Å². The number of carbonyl (C=O) groups excluding carboxylic acids is 1. The maximum atomic E-state index is 12.5. The van der Waals surface area contributed by atoms with Gasteiger partial charge in [-0.25, -0.2) is 4.79 Å². The van der Waals surface area contributed by atoms with E-state index in [4.69, 9.17) is 4.74 Å². The number of ether oxygens (including phenoxy) is 1. The second-order valence-electron chi connectivity index (χ2n) is 5.49. The number of rotatable bonds is 5. The fourth-order valence-corrected chi connectivity index (χ4v) is 3.64. The van der Waals surface area contributed by atoms with Crippen molar-refractivity contribution >= 4 is 27.5 Å². The maximum Gasteiger partial charge on any atom is 0.331 e. The summed E-state index contributed by atoms with van der Waals surface area (Å²) >= 11 is 1.28. The van der Waals surface area contributed by atoms with Crippen LogP contribution in [0.2, 0.25) is 0 Å². The number of hydrogen-bond acceptors (Lipinski definition) is 5. The first kappa shape index (κ1) is 15.9. The molecule has 8 heteroatoms. The minimum atomic E-state index is -0.448. The number of hydrogen-bond donors (Lipinski definition) is 1. The van der Waals surface area contributed by atoms with Gasteiger partial charge in [-0.3, -0.25) is 18.7 Å². The number of aromatic nitrogens is 2. The smallest absolute Gasteiger partial charge is 0.331 e. The highest BCUT2D eigenvalue weighted by atomic mass is 32.1. The highest BCUT2D eigenvalue weighted by molar-refractivity contribution is 7.17. The molecular formula is C15H19N3O4S. The minimum absolute atomic E-state index is 0.0569. The molecule has 124 valence electrons. The molecule has 0 bridgehead atoms. The summed E-state index contributed by atoms with van der Waals surface area (Å²) in [5.41, 5.74) is -0.226. The van der Waals surface area contributed by atoms with Crippen molar-refractivity contribution in [2.45, 2.75) is 39.0 Å². The highest BCUT2D eigenvalue weighted by Crippen LogP contribution is 2.15. The molecule has 1 aliphatic heterocycles. The number of fused-ring (bicyclic) bond motifs is 1. The van der Waals surface area contributed by atoms with Crippen molar-refractivity contribution < 1.29 is 9.53 Å². The van der Waals surface area contributed by atoms with Crippen LogP contribution in [-0.4, -0.2) is 34.3 Å². The fourth-order valence-electron chi connectivity index (χ4n) is 2.80. The van der Waals surface area contributed by atoms with Gasteiger partial charge in [-0.05, 0) is 31.2 Å². The molecule has 2 aromatic rings. The SMILES string of the molecule is CCn1c(=O)c2sccc2n(CC(=O)NC[C@@H]2CCCO2)c1=O. The van der Waals surface area contributed by atoms with Crippen molar-refractivity contribution in [2.75, 3.05) is 13.2 Å². The average Bonchev–Trinajstić information content (AvgIpc) is 3.21. The first-order valence-electron chi connectivity index (χ1n) is 7.71. The lowest BCUT2D eigenvalue weighted by atomic mass is 10.2. The van der Waals surface area contributed by atoms with E-state index in [9.17, 15) is 14.4 Å². The molecule has 0 aromatic carbocycles. The molecule has 1 fully saturated rings. The van der Waals surface area contributed by atoms with Gasteiger partial charge in [-0.2, -0.15) is 0 Å². The van der Waals surface area contributed by atoms with Crippen LogP contribution in [0, 0.1) is 0 Å². The number of thiophene rings is 1. The molecule has 1 saturated heterocycles. The quantitative estimate of drug-likeness (QED) is 0.863. The molecular weight excluding hydrogens is 318 g/mol. The van der Waals surface area contributed by atoms with E-state index < -0.39 is 5.69 Å². The van der Waals surface area contributed by atoms with Gasteiger partial charge in [0.15, 0.2) is 0 Å². The number of carbonyl (C=O) groups is 1. The van der Waals surface area contributed by atoms with Crippen LogP contribution in [0.4, 0.5) is 0 Å². The zero-order chi connectivity index (χ0) is 16.4. The molecule has 0 saturated carbocycles. The van der Waals surface area contributed by atoms with Crippen LogP contribution in [0.25, 0.3) is 10.2 Å². The third kappa shape index (κ3) is 3.09.